The van der Waals surface area contributed by atoms with Crippen molar-refractivity contribution in [2.75, 3.05) is 0 Å². The summed E-state index contributed by atoms with van der Waals surface area (Å²) in [6.45, 7) is 0. The number of fused-ring (bicyclic) bond motifs is 3. The Balaban J connectivity index is 2.01. The molecule has 3 aromatic carbocycles. The van der Waals surface area contributed by atoms with Gasteiger partial charge in [0.15, 0.2) is 0 Å². The van der Waals surface area contributed by atoms with Crippen molar-refractivity contribution < 1.29 is 0 Å². The topological polar surface area (TPSA) is 4.93 Å². The van der Waals surface area contributed by atoms with Crippen LogP contribution in [0.25, 0.3) is 27.5 Å². The first-order valence-corrected chi connectivity index (χ1v) is 18.1. The molecule has 1 heterocycles. The SMILES string of the molecule is [CH3][Sn]([CH3])([CH3])[c]1ccc(-n2c3ccccc3c3ccccc32)cc1. The van der Waals surface area contributed by atoms with Crippen molar-refractivity contribution in [3.8, 4) is 5.69 Å². The summed E-state index contributed by atoms with van der Waals surface area (Å²) in [7, 11) is 0. The maximum absolute atomic E-state index is 2.46. The van der Waals surface area contributed by atoms with E-state index in [1.807, 2.05) is 0 Å². The van der Waals surface area contributed by atoms with E-state index < -0.39 is 18.4 Å². The van der Waals surface area contributed by atoms with Crippen LogP contribution in [0.2, 0.25) is 14.8 Å². The quantitative estimate of drug-likeness (QED) is 0.397. The normalized spacial score (nSPS) is 12.1. The summed E-state index contributed by atoms with van der Waals surface area (Å²) in [5, 5.41) is 2.64. The fourth-order valence-electron chi connectivity index (χ4n) is 3.31. The zero-order chi connectivity index (χ0) is 16.0. The van der Waals surface area contributed by atoms with Gasteiger partial charge in [-0.2, -0.15) is 0 Å². The number of rotatable bonds is 2. The molecule has 0 aliphatic carbocycles. The van der Waals surface area contributed by atoms with E-state index in [0.717, 1.165) is 0 Å². The van der Waals surface area contributed by atoms with Gasteiger partial charge >= 0.3 is 142 Å². The number of nitrogens with zero attached hydrogens (tertiary/aromatic N) is 1. The van der Waals surface area contributed by atoms with Crippen LogP contribution in [-0.4, -0.2) is 22.9 Å². The molecule has 0 fully saturated rings. The fourth-order valence-corrected chi connectivity index (χ4v) is 6.64. The molecule has 0 saturated carbocycles. The second-order valence-electron chi connectivity index (χ2n) is 7.17. The van der Waals surface area contributed by atoms with E-state index in [-0.39, 0.29) is 0 Å². The molecule has 2 heteroatoms. The van der Waals surface area contributed by atoms with Crippen molar-refractivity contribution in [2.45, 2.75) is 14.8 Å². The van der Waals surface area contributed by atoms with Crippen LogP contribution in [0.1, 0.15) is 0 Å². The average Bonchev–Trinajstić information content (AvgIpc) is 2.89. The maximum atomic E-state index is 2.46. The average molecular weight is 406 g/mol. The molecule has 0 N–H and O–H groups in total. The molecule has 114 valence electrons. The standard InChI is InChI=1S/C18H12N.3CH3.Sn/c1-2-8-14(9-3-1)19-17-12-6-4-10-15(17)16-11-5-7-13-18(16)19;;;;/h2-13H;3*1H3;. The number of aromatic nitrogens is 1. The number of hydrogen-bond acceptors (Lipinski definition) is 0. The minimum absolute atomic E-state index is 1.25. The van der Waals surface area contributed by atoms with Crippen molar-refractivity contribution in [3.63, 3.8) is 0 Å². The summed E-state index contributed by atoms with van der Waals surface area (Å²) in [6, 6.07) is 26.6. The first kappa shape index (κ1) is 14.8. The molecule has 1 aromatic heterocycles. The summed E-state index contributed by atoms with van der Waals surface area (Å²) in [6.07, 6.45) is 0. The zero-order valence-corrected chi connectivity index (χ0v) is 16.7. The molecule has 4 rings (SSSR count). The van der Waals surface area contributed by atoms with Gasteiger partial charge in [0.25, 0.3) is 0 Å². The van der Waals surface area contributed by atoms with Crippen LogP contribution in [0.4, 0.5) is 0 Å². The third kappa shape index (κ3) is 2.47. The van der Waals surface area contributed by atoms with Gasteiger partial charge in [0, 0.05) is 0 Å². The molecule has 23 heavy (non-hydrogen) atoms. The van der Waals surface area contributed by atoms with Crippen LogP contribution < -0.4 is 3.58 Å². The molecule has 0 bridgehead atoms. The van der Waals surface area contributed by atoms with E-state index in [4.69, 9.17) is 0 Å². The molecule has 0 radical (unpaired) electrons. The Morgan fingerprint density at radius 3 is 1.57 bits per heavy atom. The van der Waals surface area contributed by atoms with Gasteiger partial charge < -0.3 is 0 Å². The van der Waals surface area contributed by atoms with Gasteiger partial charge in [-0.3, -0.25) is 0 Å². The molecular weight excluding hydrogens is 385 g/mol. The monoisotopic (exact) mass is 407 g/mol. The van der Waals surface area contributed by atoms with Crippen LogP contribution in [-0.2, 0) is 0 Å². The molecule has 1 nitrogen and oxygen atoms in total. The van der Waals surface area contributed by atoms with Gasteiger partial charge in [0.1, 0.15) is 0 Å². The predicted molar refractivity (Wildman–Crippen MR) is 104 cm³/mol. The van der Waals surface area contributed by atoms with Crippen molar-refractivity contribution in [3.05, 3.63) is 72.8 Å². The van der Waals surface area contributed by atoms with E-state index in [9.17, 15) is 0 Å². The Kier molecular flexibility index (Phi) is 3.49. The summed E-state index contributed by atoms with van der Waals surface area (Å²) in [5.41, 5.74) is 3.81. The summed E-state index contributed by atoms with van der Waals surface area (Å²) in [4.78, 5) is 7.39. The summed E-state index contributed by atoms with van der Waals surface area (Å²) in [5.74, 6) is 0. The third-order valence-corrected chi connectivity index (χ3v) is 10.5. The van der Waals surface area contributed by atoms with Gasteiger partial charge in [0.2, 0.25) is 0 Å². The number of hydrogen-bond donors (Lipinski definition) is 0. The Hall–Kier alpha value is -1.74. The minimum atomic E-state index is -1.99. The Morgan fingerprint density at radius 2 is 1.09 bits per heavy atom. The van der Waals surface area contributed by atoms with Gasteiger partial charge in [0.05, 0.1) is 0 Å². The number of para-hydroxylation sites is 2. The van der Waals surface area contributed by atoms with Crippen LogP contribution in [0.3, 0.4) is 0 Å². The van der Waals surface area contributed by atoms with Crippen LogP contribution in [0.15, 0.2) is 72.8 Å². The van der Waals surface area contributed by atoms with Crippen LogP contribution in [0.5, 0.6) is 0 Å². The predicted octanol–water partition coefficient (Wildman–Crippen LogP) is 5.33. The third-order valence-electron chi connectivity index (χ3n) is 4.57. The van der Waals surface area contributed by atoms with Crippen molar-refractivity contribution >= 4 is 43.8 Å². The Morgan fingerprint density at radius 1 is 0.609 bits per heavy atom. The van der Waals surface area contributed by atoms with Gasteiger partial charge in [-0.1, -0.05) is 0 Å². The first-order valence-electron chi connectivity index (χ1n) is 8.15. The zero-order valence-electron chi connectivity index (χ0n) is 13.9. The van der Waals surface area contributed by atoms with E-state index >= 15 is 0 Å². The van der Waals surface area contributed by atoms with E-state index in [1.165, 1.54) is 27.5 Å². The number of benzene rings is 3. The molecular formula is C21H21NSn. The fraction of sp³-hybridized carbons (Fsp3) is 0.143. The van der Waals surface area contributed by atoms with Gasteiger partial charge in [-0.25, -0.2) is 0 Å². The van der Waals surface area contributed by atoms with E-state index in [0.29, 0.717) is 0 Å². The molecule has 0 atom stereocenters. The first-order chi connectivity index (χ1) is 11.1. The van der Waals surface area contributed by atoms with Crippen LogP contribution in [0, 0.1) is 0 Å². The second kappa shape index (κ2) is 5.41. The molecule has 0 aliphatic rings. The molecule has 0 saturated heterocycles. The Labute approximate surface area is 141 Å². The van der Waals surface area contributed by atoms with Crippen LogP contribution >= 0.6 is 0 Å². The van der Waals surface area contributed by atoms with Crippen molar-refractivity contribution in [1.29, 1.82) is 0 Å². The van der Waals surface area contributed by atoms with Crippen molar-refractivity contribution in [2.24, 2.45) is 0 Å². The summed E-state index contributed by atoms with van der Waals surface area (Å²) >= 11 is -1.99. The molecule has 0 aliphatic heterocycles. The molecule has 0 amide bonds. The molecule has 0 unspecified atom stereocenters. The second-order valence-corrected chi connectivity index (χ2v) is 21.7. The van der Waals surface area contributed by atoms with Gasteiger partial charge in [-0.05, 0) is 0 Å². The van der Waals surface area contributed by atoms with Gasteiger partial charge in [-0.15, -0.1) is 0 Å². The molecule has 0 spiro atoms. The summed E-state index contributed by atoms with van der Waals surface area (Å²) < 4.78 is 3.95. The Bertz CT molecular complexity index is 935. The van der Waals surface area contributed by atoms with E-state index in [1.54, 1.807) is 3.58 Å². The molecule has 4 aromatic rings. The van der Waals surface area contributed by atoms with E-state index in [2.05, 4.69) is 92.2 Å². The van der Waals surface area contributed by atoms with Crippen molar-refractivity contribution in [1.82, 2.24) is 4.57 Å².